The molecule has 1 heterocycles. The van der Waals surface area contributed by atoms with E-state index in [-0.39, 0.29) is 0 Å². The molecule has 1 N–H and O–H groups in total. The Kier molecular flexibility index (Phi) is 3.95. The summed E-state index contributed by atoms with van der Waals surface area (Å²) in [6.07, 6.45) is 3.13. The summed E-state index contributed by atoms with van der Waals surface area (Å²) in [5, 5.41) is 9.15. The van der Waals surface area contributed by atoms with Gasteiger partial charge >= 0.3 is 5.97 Å². The third-order valence-corrected chi connectivity index (χ3v) is 2.69. The largest absolute Gasteiger partial charge is 0.480 e. The standard InChI is InChI=1S/C11H17N3O2/c1-4-14(11(2,3)10(15)16)7-9-5-6-12-8-13-9/h5-6,8H,4,7H2,1-3H3,(H,15,16). The molecule has 0 saturated heterocycles. The molecule has 0 aromatic carbocycles. The fraction of sp³-hybridized carbons (Fsp3) is 0.545. The van der Waals surface area contributed by atoms with E-state index in [0.717, 1.165) is 5.69 Å². The topological polar surface area (TPSA) is 66.3 Å². The van der Waals surface area contributed by atoms with Crippen molar-refractivity contribution in [3.8, 4) is 0 Å². The summed E-state index contributed by atoms with van der Waals surface area (Å²) in [7, 11) is 0. The third kappa shape index (κ3) is 2.76. The van der Waals surface area contributed by atoms with Crippen molar-refractivity contribution in [3.05, 3.63) is 24.3 Å². The Hall–Kier alpha value is -1.49. The summed E-state index contributed by atoms with van der Waals surface area (Å²) >= 11 is 0. The van der Waals surface area contributed by atoms with Gasteiger partial charge < -0.3 is 5.11 Å². The number of aromatic nitrogens is 2. The third-order valence-electron chi connectivity index (χ3n) is 2.69. The molecule has 0 saturated carbocycles. The van der Waals surface area contributed by atoms with E-state index in [2.05, 4.69) is 9.97 Å². The van der Waals surface area contributed by atoms with E-state index in [1.54, 1.807) is 26.1 Å². The van der Waals surface area contributed by atoms with Gasteiger partial charge in [0.1, 0.15) is 11.9 Å². The van der Waals surface area contributed by atoms with Crippen LogP contribution in [0.3, 0.4) is 0 Å². The Balaban J connectivity index is 2.81. The number of hydrogen-bond acceptors (Lipinski definition) is 4. The van der Waals surface area contributed by atoms with Gasteiger partial charge in [-0.1, -0.05) is 6.92 Å². The van der Waals surface area contributed by atoms with E-state index in [1.165, 1.54) is 6.33 Å². The zero-order chi connectivity index (χ0) is 12.2. The quantitative estimate of drug-likeness (QED) is 0.811. The van der Waals surface area contributed by atoms with Crippen molar-refractivity contribution in [2.24, 2.45) is 0 Å². The fourth-order valence-electron chi connectivity index (χ4n) is 1.45. The molecule has 0 bridgehead atoms. The molecule has 0 unspecified atom stereocenters. The molecule has 1 aromatic heterocycles. The Morgan fingerprint density at radius 1 is 1.56 bits per heavy atom. The van der Waals surface area contributed by atoms with Crippen LogP contribution < -0.4 is 0 Å². The molecular weight excluding hydrogens is 206 g/mol. The molecule has 5 nitrogen and oxygen atoms in total. The van der Waals surface area contributed by atoms with Crippen LogP contribution in [0.4, 0.5) is 0 Å². The highest BCUT2D eigenvalue weighted by Gasteiger charge is 2.33. The molecule has 0 spiro atoms. The Labute approximate surface area is 95.1 Å². The lowest BCUT2D eigenvalue weighted by molar-refractivity contribution is -0.149. The lowest BCUT2D eigenvalue weighted by atomic mass is 10.0. The van der Waals surface area contributed by atoms with Crippen LogP contribution >= 0.6 is 0 Å². The van der Waals surface area contributed by atoms with E-state index >= 15 is 0 Å². The molecule has 0 aliphatic rings. The molecule has 88 valence electrons. The zero-order valence-electron chi connectivity index (χ0n) is 9.84. The van der Waals surface area contributed by atoms with Gasteiger partial charge in [0.15, 0.2) is 0 Å². The highest BCUT2D eigenvalue weighted by molar-refractivity contribution is 5.77. The van der Waals surface area contributed by atoms with Gasteiger partial charge in [0.2, 0.25) is 0 Å². The summed E-state index contributed by atoms with van der Waals surface area (Å²) in [5.74, 6) is -0.830. The normalized spacial score (nSPS) is 11.8. The maximum Gasteiger partial charge on any atom is 0.323 e. The van der Waals surface area contributed by atoms with Gasteiger partial charge in [0, 0.05) is 12.7 Å². The first-order chi connectivity index (χ1) is 7.48. The minimum Gasteiger partial charge on any atom is -0.480 e. The smallest absolute Gasteiger partial charge is 0.323 e. The predicted octanol–water partition coefficient (Wildman–Crippen LogP) is 1.16. The summed E-state index contributed by atoms with van der Waals surface area (Å²) in [5.41, 5.74) is -0.0640. The number of likely N-dealkylation sites (N-methyl/N-ethyl adjacent to an activating group) is 1. The molecule has 1 aromatic rings. The number of rotatable bonds is 5. The summed E-state index contributed by atoms with van der Waals surface area (Å²) in [4.78, 5) is 20.9. The number of carboxylic acid groups (broad SMARTS) is 1. The molecular formula is C11H17N3O2. The van der Waals surface area contributed by atoms with Gasteiger partial charge in [-0.15, -0.1) is 0 Å². The average Bonchev–Trinajstić information content (AvgIpc) is 2.26. The Morgan fingerprint density at radius 2 is 2.25 bits per heavy atom. The number of carbonyl (C=O) groups is 1. The van der Waals surface area contributed by atoms with Crippen LogP contribution in [0.1, 0.15) is 26.5 Å². The van der Waals surface area contributed by atoms with Crippen molar-refractivity contribution in [2.45, 2.75) is 32.9 Å². The molecule has 0 atom stereocenters. The first-order valence-corrected chi connectivity index (χ1v) is 5.21. The number of aliphatic carboxylic acids is 1. The summed E-state index contributed by atoms with van der Waals surface area (Å²) < 4.78 is 0. The van der Waals surface area contributed by atoms with E-state index in [1.807, 2.05) is 11.8 Å². The molecule has 0 aliphatic carbocycles. The van der Waals surface area contributed by atoms with Crippen molar-refractivity contribution < 1.29 is 9.90 Å². The van der Waals surface area contributed by atoms with E-state index < -0.39 is 11.5 Å². The minimum atomic E-state index is -0.889. The monoisotopic (exact) mass is 223 g/mol. The lowest BCUT2D eigenvalue weighted by Crippen LogP contribution is -2.49. The van der Waals surface area contributed by atoms with E-state index in [0.29, 0.717) is 13.1 Å². The first kappa shape index (κ1) is 12.6. The second-order valence-electron chi connectivity index (χ2n) is 4.08. The van der Waals surface area contributed by atoms with Gasteiger partial charge in [-0.25, -0.2) is 9.97 Å². The lowest BCUT2D eigenvalue weighted by Gasteiger charge is -2.33. The molecule has 1 rings (SSSR count). The predicted molar refractivity (Wildman–Crippen MR) is 59.8 cm³/mol. The van der Waals surface area contributed by atoms with Gasteiger partial charge in [-0.2, -0.15) is 0 Å². The van der Waals surface area contributed by atoms with Crippen LogP contribution in [0.5, 0.6) is 0 Å². The van der Waals surface area contributed by atoms with E-state index in [9.17, 15) is 4.79 Å². The molecule has 5 heteroatoms. The Bertz CT molecular complexity index is 352. The summed E-state index contributed by atoms with van der Waals surface area (Å²) in [6, 6.07) is 1.79. The van der Waals surface area contributed by atoms with Crippen LogP contribution in [-0.4, -0.2) is 38.0 Å². The van der Waals surface area contributed by atoms with Gasteiger partial charge in [0.05, 0.1) is 5.69 Å². The number of carboxylic acids is 1. The highest BCUT2D eigenvalue weighted by atomic mass is 16.4. The molecule has 0 aliphatic heterocycles. The van der Waals surface area contributed by atoms with Gasteiger partial charge in [-0.05, 0) is 26.5 Å². The van der Waals surface area contributed by atoms with Crippen molar-refractivity contribution in [2.75, 3.05) is 6.54 Å². The van der Waals surface area contributed by atoms with Crippen LogP contribution in [0.25, 0.3) is 0 Å². The van der Waals surface area contributed by atoms with Gasteiger partial charge in [0.25, 0.3) is 0 Å². The zero-order valence-corrected chi connectivity index (χ0v) is 9.84. The van der Waals surface area contributed by atoms with E-state index in [4.69, 9.17) is 5.11 Å². The molecule has 0 radical (unpaired) electrons. The molecule has 0 amide bonds. The van der Waals surface area contributed by atoms with Crippen molar-refractivity contribution in [1.29, 1.82) is 0 Å². The van der Waals surface area contributed by atoms with Crippen LogP contribution in [0.15, 0.2) is 18.6 Å². The molecule has 16 heavy (non-hydrogen) atoms. The number of hydrogen-bond donors (Lipinski definition) is 1. The van der Waals surface area contributed by atoms with Crippen molar-refractivity contribution in [1.82, 2.24) is 14.9 Å². The van der Waals surface area contributed by atoms with Crippen LogP contribution in [0, 0.1) is 0 Å². The fourth-order valence-corrected chi connectivity index (χ4v) is 1.45. The van der Waals surface area contributed by atoms with Gasteiger partial charge in [-0.3, -0.25) is 9.69 Å². The van der Waals surface area contributed by atoms with Crippen LogP contribution in [-0.2, 0) is 11.3 Å². The van der Waals surface area contributed by atoms with Crippen molar-refractivity contribution in [3.63, 3.8) is 0 Å². The highest BCUT2D eigenvalue weighted by Crippen LogP contribution is 2.16. The Morgan fingerprint density at radius 3 is 2.69 bits per heavy atom. The average molecular weight is 223 g/mol. The second kappa shape index (κ2) is 5.03. The maximum absolute atomic E-state index is 11.1. The van der Waals surface area contributed by atoms with Crippen LogP contribution in [0.2, 0.25) is 0 Å². The molecule has 0 fully saturated rings. The second-order valence-corrected chi connectivity index (χ2v) is 4.08. The SMILES string of the molecule is CCN(Cc1ccncn1)C(C)(C)C(=O)O. The summed E-state index contributed by atoms with van der Waals surface area (Å²) in [6.45, 7) is 6.49. The maximum atomic E-state index is 11.1. The first-order valence-electron chi connectivity index (χ1n) is 5.21. The van der Waals surface area contributed by atoms with Crippen molar-refractivity contribution >= 4 is 5.97 Å². The number of nitrogens with zero attached hydrogens (tertiary/aromatic N) is 3. The minimum absolute atomic E-state index is 0.512.